The first kappa shape index (κ1) is 21.6. The number of aryl methyl sites for hydroxylation is 1. The molecule has 0 spiro atoms. The third kappa shape index (κ3) is 4.51. The van der Waals surface area contributed by atoms with E-state index in [-0.39, 0.29) is 23.6 Å². The standard InChI is InChI=1S/C23H27N5O4/c1-12(2)32-20-9-16-15(8-17(20)22(24)30)18(19-11-25-13(3)27-19)10-26-23(16)31-7-6-14-4-5-21(29)28-14/h8-12,14H,4-7H2,1-3H3,(H2,24,30)(H,25,27)(H,28,29)/t14-/m0/s1. The molecule has 0 aliphatic carbocycles. The monoisotopic (exact) mass is 437 g/mol. The molecule has 1 fully saturated rings. The first-order valence-electron chi connectivity index (χ1n) is 10.7. The van der Waals surface area contributed by atoms with Crippen LogP contribution >= 0.6 is 0 Å². The van der Waals surface area contributed by atoms with Gasteiger partial charge in [-0.05, 0) is 44.7 Å². The Morgan fingerprint density at radius 3 is 2.69 bits per heavy atom. The topological polar surface area (TPSA) is 132 Å². The summed E-state index contributed by atoms with van der Waals surface area (Å²) in [4.78, 5) is 35.6. The normalized spacial score (nSPS) is 15.9. The van der Waals surface area contributed by atoms with Gasteiger partial charge in [-0.2, -0.15) is 0 Å². The number of nitrogens with one attached hydrogen (secondary N) is 2. The number of hydrogen-bond donors (Lipinski definition) is 3. The summed E-state index contributed by atoms with van der Waals surface area (Å²) in [5, 5.41) is 4.39. The number of imidazole rings is 1. The first-order valence-corrected chi connectivity index (χ1v) is 10.7. The third-order valence-corrected chi connectivity index (χ3v) is 5.36. The summed E-state index contributed by atoms with van der Waals surface area (Å²) in [6.07, 6.45) is 5.31. The van der Waals surface area contributed by atoms with E-state index in [0.717, 1.165) is 28.9 Å². The van der Waals surface area contributed by atoms with E-state index in [4.69, 9.17) is 15.2 Å². The lowest BCUT2D eigenvalue weighted by atomic mass is 10.0. The fourth-order valence-corrected chi connectivity index (χ4v) is 3.86. The number of H-pyrrole nitrogens is 1. The Bertz CT molecular complexity index is 1170. The van der Waals surface area contributed by atoms with Crippen LogP contribution in [0.1, 0.15) is 49.3 Å². The van der Waals surface area contributed by atoms with E-state index < -0.39 is 5.91 Å². The number of nitrogens with zero attached hydrogens (tertiary/aromatic N) is 2. The van der Waals surface area contributed by atoms with Crippen LogP contribution in [0.4, 0.5) is 0 Å². The van der Waals surface area contributed by atoms with E-state index in [2.05, 4.69) is 20.3 Å². The van der Waals surface area contributed by atoms with Crippen molar-refractivity contribution >= 4 is 22.6 Å². The second kappa shape index (κ2) is 8.86. The lowest BCUT2D eigenvalue weighted by Gasteiger charge is -2.17. The molecule has 168 valence electrons. The number of pyridine rings is 1. The number of ether oxygens (including phenoxy) is 2. The number of nitrogens with two attached hydrogens (primary N) is 1. The highest BCUT2D eigenvalue weighted by Crippen LogP contribution is 2.37. The van der Waals surface area contributed by atoms with Gasteiger partial charge in [-0.3, -0.25) is 9.59 Å². The first-order chi connectivity index (χ1) is 15.3. The number of carbonyl (C=O) groups is 2. The van der Waals surface area contributed by atoms with Crippen LogP contribution in [0.2, 0.25) is 0 Å². The summed E-state index contributed by atoms with van der Waals surface area (Å²) in [5.41, 5.74) is 7.48. The van der Waals surface area contributed by atoms with Gasteiger partial charge < -0.3 is 25.5 Å². The number of hydrogen-bond acceptors (Lipinski definition) is 6. The molecule has 3 aromatic rings. The molecule has 3 heterocycles. The van der Waals surface area contributed by atoms with Crippen LogP contribution < -0.4 is 20.5 Å². The van der Waals surface area contributed by atoms with Crippen LogP contribution in [-0.2, 0) is 4.79 Å². The van der Waals surface area contributed by atoms with Gasteiger partial charge in [-0.1, -0.05) is 0 Å². The van der Waals surface area contributed by atoms with Gasteiger partial charge in [0.1, 0.15) is 11.6 Å². The molecule has 2 aromatic heterocycles. The van der Waals surface area contributed by atoms with Crippen LogP contribution in [-0.4, -0.2) is 45.5 Å². The number of benzene rings is 1. The second-order valence-corrected chi connectivity index (χ2v) is 8.22. The molecular weight excluding hydrogens is 410 g/mol. The molecule has 0 saturated carbocycles. The van der Waals surface area contributed by atoms with Crippen molar-refractivity contribution in [1.82, 2.24) is 20.3 Å². The van der Waals surface area contributed by atoms with E-state index in [1.54, 1.807) is 24.5 Å². The summed E-state index contributed by atoms with van der Waals surface area (Å²) < 4.78 is 11.9. The minimum atomic E-state index is -0.578. The molecule has 0 radical (unpaired) electrons. The second-order valence-electron chi connectivity index (χ2n) is 8.22. The summed E-state index contributed by atoms with van der Waals surface area (Å²) in [6, 6.07) is 3.58. The maximum Gasteiger partial charge on any atom is 0.252 e. The van der Waals surface area contributed by atoms with Crippen molar-refractivity contribution in [1.29, 1.82) is 0 Å². The van der Waals surface area contributed by atoms with Crippen LogP contribution in [0.15, 0.2) is 24.5 Å². The average molecular weight is 438 g/mol. The van der Waals surface area contributed by atoms with E-state index in [1.165, 1.54) is 0 Å². The van der Waals surface area contributed by atoms with Gasteiger partial charge in [0, 0.05) is 36.0 Å². The van der Waals surface area contributed by atoms with E-state index in [0.29, 0.717) is 36.5 Å². The van der Waals surface area contributed by atoms with Crippen molar-refractivity contribution in [3.8, 4) is 22.9 Å². The van der Waals surface area contributed by atoms with Crippen molar-refractivity contribution < 1.29 is 19.1 Å². The van der Waals surface area contributed by atoms with Gasteiger partial charge in [0.2, 0.25) is 11.8 Å². The van der Waals surface area contributed by atoms with E-state index in [9.17, 15) is 9.59 Å². The molecule has 0 unspecified atom stereocenters. The number of fused-ring (bicyclic) bond motifs is 1. The Morgan fingerprint density at radius 1 is 1.25 bits per heavy atom. The number of amides is 2. The number of aromatic nitrogens is 3. The Labute approximate surface area is 185 Å². The molecule has 1 atom stereocenters. The van der Waals surface area contributed by atoms with Crippen molar-refractivity contribution in [3.63, 3.8) is 0 Å². The van der Waals surface area contributed by atoms with E-state index >= 15 is 0 Å². The zero-order chi connectivity index (χ0) is 22.8. The summed E-state index contributed by atoms with van der Waals surface area (Å²) in [6.45, 7) is 6.02. The lowest BCUT2D eigenvalue weighted by Crippen LogP contribution is -2.26. The molecule has 1 aliphatic heterocycles. The third-order valence-electron chi connectivity index (χ3n) is 5.36. The van der Waals surface area contributed by atoms with Crippen LogP contribution in [0.3, 0.4) is 0 Å². The summed E-state index contributed by atoms with van der Waals surface area (Å²) >= 11 is 0. The van der Waals surface area contributed by atoms with Gasteiger partial charge in [-0.15, -0.1) is 0 Å². The average Bonchev–Trinajstić information content (AvgIpc) is 3.35. The Morgan fingerprint density at radius 2 is 2.06 bits per heavy atom. The molecule has 4 N–H and O–H groups in total. The number of carbonyl (C=O) groups excluding carboxylic acids is 2. The molecule has 0 bridgehead atoms. The molecule has 1 aromatic carbocycles. The Kier molecular flexibility index (Phi) is 5.98. The van der Waals surface area contributed by atoms with Gasteiger partial charge in [0.15, 0.2) is 0 Å². The fourth-order valence-electron chi connectivity index (χ4n) is 3.86. The number of primary amides is 1. The predicted molar refractivity (Wildman–Crippen MR) is 120 cm³/mol. The molecule has 1 aliphatic rings. The van der Waals surface area contributed by atoms with Gasteiger partial charge >= 0.3 is 0 Å². The van der Waals surface area contributed by atoms with Crippen LogP contribution in [0.25, 0.3) is 22.0 Å². The Balaban J connectivity index is 1.75. The zero-order valence-electron chi connectivity index (χ0n) is 18.4. The van der Waals surface area contributed by atoms with Crippen LogP contribution in [0.5, 0.6) is 11.6 Å². The number of aromatic amines is 1. The minimum absolute atomic E-state index is 0.0761. The molecule has 2 amide bonds. The fraction of sp³-hybridized carbons (Fsp3) is 0.391. The highest BCUT2D eigenvalue weighted by molar-refractivity contribution is 6.06. The molecule has 1 saturated heterocycles. The van der Waals surface area contributed by atoms with Crippen LogP contribution in [0, 0.1) is 6.92 Å². The van der Waals surface area contributed by atoms with Crippen molar-refractivity contribution in [2.24, 2.45) is 5.73 Å². The maximum absolute atomic E-state index is 12.2. The quantitative estimate of drug-likeness (QED) is 0.496. The molecule has 4 rings (SSSR count). The van der Waals surface area contributed by atoms with Gasteiger partial charge in [0.25, 0.3) is 5.91 Å². The lowest BCUT2D eigenvalue weighted by molar-refractivity contribution is -0.119. The Hall–Kier alpha value is -3.62. The van der Waals surface area contributed by atoms with Crippen molar-refractivity contribution in [3.05, 3.63) is 35.9 Å². The highest BCUT2D eigenvalue weighted by atomic mass is 16.5. The van der Waals surface area contributed by atoms with Gasteiger partial charge in [-0.25, -0.2) is 9.97 Å². The molecule has 9 nitrogen and oxygen atoms in total. The minimum Gasteiger partial charge on any atom is -0.490 e. The molecular formula is C23H27N5O4. The maximum atomic E-state index is 12.2. The van der Waals surface area contributed by atoms with Crippen molar-refractivity contribution in [2.75, 3.05) is 6.61 Å². The highest BCUT2D eigenvalue weighted by Gasteiger charge is 2.22. The predicted octanol–water partition coefficient (Wildman–Crippen LogP) is 2.87. The zero-order valence-corrected chi connectivity index (χ0v) is 18.4. The smallest absolute Gasteiger partial charge is 0.252 e. The number of rotatable bonds is 8. The molecule has 32 heavy (non-hydrogen) atoms. The largest absolute Gasteiger partial charge is 0.490 e. The van der Waals surface area contributed by atoms with E-state index in [1.807, 2.05) is 20.8 Å². The van der Waals surface area contributed by atoms with Crippen molar-refractivity contribution in [2.45, 2.75) is 52.2 Å². The molecule has 9 heteroatoms. The summed E-state index contributed by atoms with van der Waals surface area (Å²) in [7, 11) is 0. The SMILES string of the molecule is Cc1ncc(-c2cnc(OCC[C@@H]3CCC(=O)N3)c3cc(OC(C)C)c(C(N)=O)cc23)[nH]1. The summed E-state index contributed by atoms with van der Waals surface area (Å²) in [5.74, 6) is 1.07. The van der Waals surface area contributed by atoms with Gasteiger partial charge in [0.05, 0.1) is 30.2 Å².